The maximum atomic E-state index is 11.6. The molecule has 1 N–H and O–H groups in total. The summed E-state index contributed by atoms with van der Waals surface area (Å²) in [6.07, 6.45) is 0. The molecule has 0 unspecified atom stereocenters. The summed E-state index contributed by atoms with van der Waals surface area (Å²) < 4.78 is 10.4. The first-order valence-corrected chi connectivity index (χ1v) is 7.10. The van der Waals surface area contributed by atoms with Crippen LogP contribution < -0.4 is 5.32 Å². The van der Waals surface area contributed by atoms with E-state index < -0.39 is 0 Å². The van der Waals surface area contributed by atoms with E-state index in [1.165, 1.54) is 11.3 Å². The molecule has 0 fully saturated rings. The van der Waals surface area contributed by atoms with Crippen LogP contribution in [-0.2, 0) is 9.47 Å². The van der Waals surface area contributed by atoms with Gasteiger partial charge in [-0.15, -0.1) is 11.3 Å². The van der Waals surface area contributed by atoms with Gasteiger partial charge in [0.05, 0.1) is 25.3 Å². The zero-order valence-corrected chi connectivity index (χ0v) is 12.5. The van der Waals surface area contributed by atoms with Crippen molar-refractivity contribution in [1.29, 1.82) is 0 Å². The zero-order valence-electron chi connectivity index (χ0n) is 11.6. The maximum absolute atomic E-state index is 11.6. The SMILES string of the molecule is CCOC(=O)c1ncsc1NCCOCCN(C)C. The first-order chi connectivity index (χ1) is 9.15. The van der Waals surface area contributed by atoms with E-state index in [0.29, 0.717) is 32.1 Å². The molecule has 1 aromatic rings. The number of likely N-dealkylation sites (N-methyl/N-ethyl adjacent to an activating group) is 1. The van der Waals surface area contributed by atoms with E-state index in [-0.39, 0.29) is 5.97 Å². The molecule has 19 heavy (non-hydrogen) atoms. The standard InChI is InChI=1S/C12H21N3O3S/c1-4-18-12(16)10-11(19-9-14-10)13-5-7-17-8-6-15(2)3/h9,13H,4-8H2,1-3H3. The number of carbonyl (C=O) groups is 1. The first-order valence-electron chi connectivity index (χ1n) is 6.22. The Labute approximate surface area is 117 Å². The Kier molecular flexibility index (Phi) is 7.39. The molecule has 108 valence electrons. The van der Waals surface area contributed by atoms with Gasteiger partial charge in [-0.05, 0) is 21.0 Å². The number of nitrogens with one attached hydrogen (secondary N) is 1. The van der Waals surface area contributed by atoms with E-state index in [2.05, 4.69) is 15.2 Å². The van der Waals surface area contributed by atoms with Gasteiger partial charge in [0, 0.05) is 13.1 Å². The second-order valence-corrected chi connectivity index (χ2v) is 4.95. The lowest BCUT2D eigenvalue weighted by Crippen LogP contribution is -2.20. The molecule has 6 nitrogen and oxygen atoms in total. The van der Waals surface area contributed by atoms with Gasteiger partial charge in [-0.3, -0.25) is 0 Å². The summed E-state index contributed by atoms with van der Waals surface area (Å²) in [5.41, 5.74) is 1.97. The summed E-state index contributed by atoms with van der Waals surface area (Å²) in [6, 6.07) is 0. The minimum Gasteiger partial charge on any atom is -0.461 e. The second kappa shape index (κ2) is 8.84. The molecule has 0 saturated heterocycles. The van der Waals surface area contributed by atoms with Gasteiger partial charge in [0.15, 0.2) is 5.69 Å². The highest BCUT2D eigenvalue weighted by Crippen LogP contribution is 2.20. The van der Waals surface area contributed by atoms with Crippen LogP contribution in [0.15, 0.2) is 5.51 Å². The number of aromatic nitrogens is 1. The van der Waals surface area contributed by atoms with Crippen LogP contribution in [0.5, 0.6) is 0 Å². The Morgan fingerprint density at radius 1 is 1.47 bits per heavy atom. The van der Waals surface area contributed by atoms with Crippen molar-refractivity contribution in [1.82, 2.24) is 9.88 Å². The molecular formula is C12H21N3O3S. The van der Waals surface area contributed by atoms with Crippen molar-refractivity contribution in [2.24, 2.45) is 0 Å². The van der Waals surface area contributed by atoms with Crippen LogP contribution in [-0.4, -0.2) is 62.9 Å². The quantitative estimate of drug-likeness (QED) is 0.546. The van der Waals surface area contributed by atoms with Crippen LogP contribution in [0.2, 0.25) is 0 Å². The summed E-state index contributed by atoms with van der Waals surface area (Å²) in [4.78, 5) is 17.7. The number of hydrogen-bond acceptors (Lipinski definition) is 7. The monoisotopic (exact) mass is 287 g/mol. The minimum absolute atomic E-state index is 0.347. The lowest BCUT2D eigenvalue weighted by molar-refractivity contribution is 0.0521. The van der Waals surface area contributed by atoms with Gasteiger partial charge >= 0.3 is 5.97 Å². The molecule has 0 bridgehead atoms. The zero-order chi connectivity index (χ0) is 14.1. The molecule has 1 aromatic heterocycles. The Morgan fingerprint density at radius 2 is 2.26 bits per heavy atom. The Morgan fingerprint density at radius 3 is 2.95 bits per heavy atom. The molecule has 1 rings (SSSR count). The molecule has 0 spiro atoms. The van der Waals surface area contributed by atoms with Gasteiger partial charge in [-0.25, -0.2) is 9.78 Å². The van der Waals surface area contributed by atoms with Crippen LogP contribution in [0.1, 0.15) is 17.4 Å². The number of carbonyl (C=O) groups excluding carboxylic acids is 1. The fourth-order valence-corrected chi connectivity index (χ4v) is 2.00. The molecule has 0 aliphatic carbocycles. The molecule has 0 amide bonds. The van der Waals surface area contributed by atoms with E-state index >= 15 is 0 Å². The number of esters is 1. The van der Waals surface area contributed by atoms with Crippen molar-refractivity contribution in [2.45, 2.75) is 6.92 Å². The number of nitrogens with zero attached hydrogens (tertiary/aromatic N) is 2. The van der Waals surface area contributed by atoms with Gasteiger partial charge in [0.2, 0.25) is 0 Å². The van der Waals surface area contributed by atoms with Crippen LogP contribution in [0, 0.1) is 0 Å². The highest BCUT2D eigenvalue weighted by atomic mass is 32.1. The molecule has 0 aliphatic heterocycles. The van der Waals surface area contributed by atoms with E-state index in [4.69, 9.17) is 9.47 Å². The third-order valence-corrected chi connectivity index (χ3v) is 3.04. The predicted molar refractivity (Wildman–Crippen MR) is 75.9 cm³/mol. The second-order valence-electron chi connectivity index (χ2n) is 4.09. The molecule has 0 aliphatic rings. The summed E-state index contributed by atoms with van der Waals surface area (Å²) in [7, 11) is 4.01. The Bertz CT molecular complexity index is 382. The number of rotatable bonds is 9. The van der Waals surface area contributed by atoms with Gasteiger partial charge in [-0.2, -0.15) is 0 Å². The molecule has 7 heteroatoms. The highest BCUT2D eigenvalue weighted by molar-refractivity contribution is 7.14. The first kappa shape index (κ1) is 15.9. The number of ether oxygens (including phenoxy) is 2. The molecule has 0 aromatic carbocycles. The van der Waals surface area contributed by atoms with Crippen molar-refractivity contribution in [3.05, 3.63) is 11.2 Å². The van der Waals surface area contributed by atoms with Crippen LogP contribution >= 0.6 is 11.3 Å². The van der Waals surface area contributed by atoms with Crippen molar-refractivity contribution >= 4 is 22.3 Å². The lowest BCUT2D eigenvalue weighted by Gasteiger charge is -2.10. The van der Waals surface area contributed by atoms with Crippen LogP contribution in [0.3, 0.4) is 0 Å². The number of hydrogen-bond donors (Lipinski definition) is 1. The van der Waals surface area contributed by atoms with E-state index in [1.54, 1.807) is 12.4 Å². The predicted octanol–water partition coefficient (Wildman–Crippen LogP) is 1.31. The molecule has 1 heterocycles. The normalized spacial score (nSPS) is 10.7. The van der Waals surface area contributed by atoms with Gasteiger partial charge in [-0.1, -0.05) is 0 Å². The highest BCUT2D eigenvalue weighted by Gasteiger charge is 2.15. The van der Waals surface area contributed by atoms with Crippen molar-refractivity contribution < 1.29 is 14.3 Å². The smallest absolute Gasteiger partial charge is 0.360 e. The third kappa shape index (κ3) is 6.00. The fourth-order valence-electron chi connectivity index (χ4n) is 1.30. The number of anilines is 1. The van der Waals surface area contributed by atoms with E-state index in [0.717, 1.165) is 11.5 Å². The average Bonchev–Trinajstić information content (AvgIpc) is 2.82. The molecular weight excluding hydrogens is 266 g/mol. The van der Waals surface area contributed by atoms with Crippen molar-refractivity contribution in [3.8, 4) is 0 Å². The van der Waals surface area contributed by atoms with Gasteiger partial charge in [0.25, 0.3) is 0 Å². The summed E-state index contributed by atoms with van der Waals surface area (Å²) in [5, 5.41) is 3.87. The molecule has 0 saturated carbocycles. The minimum atomic E-state index is -0.389. The van der Waals surface area contributed by atoms with E-state index in [9.17, 15) is 4.79 Å². The van der Waals surface area contributed by atoms with Crippen LogP contribution in [0.25, 0.3) is 0 Å². The van der Waals surface area contributed by atoms with Crippen LogP contribution in [0.4, 0.5) is 5.00 Å². The largest absolute Gasteiger partial charge is 0.461 e. The Hall–Kier alpha value is -1.18. The number of thiazole rings is 1. The van der Waals surface area contributed by atoms with Gasteiger partial charge < -0.3 is 19.7 Å². The fraction of sp³-hybridized carbons (Fsp3) is 0.667. The van der Waals surface area contributed by atoms with Crippen molar-refractivity contribution in [3.63, 3.8) is 0 Å². The van der Waals surface area contributed by atoms with E-state index in [1.807, 2.05) is 14.1 Å². The summed E-state index contributed by atoms with van der Waals surface area (Å²) >= 11 is 1.39. The lowest BCUT2D eigenvalue weighted by atomic mass is 10.4. The average molecular weight is 287 g/mol. The third-order valence-electron chi connectivity index (χ3n) is 2.25. The molecule has 0 atom stereocenters. The topological polar surface area (TPSA) is 63.7 Å². The summed E-state index contributed by atoms with van der Waals surface area (Å²) in [5.74, 6) is -0.389. The van der Waals surface area contributed by atoms with Crippen molar-refractivity contribution in [2.75, 3.05) is 52.3 Å². The van der Waals surface area contributed by atoms with Gasteiger partial charge in [0.1, 0.15) is 5.00 Å². The maximum Gasteiger partial charge on any atom is 0.360 e. The molecule has 0 radical (unpaired) electrons. The summed E-state index contributed by atoms with van der Waals surface area (Å²) in [6.45, 7) is 4.95. The Balaban J connectivity index is 2.26.